The lowest BCUT2D eigenvalue weighted by Gasteiger charge is -2.27. The van der Waals surface area contributed by atoms with Crippen LogP contribution in [-0.2, 0) is 9.59 Å². The normalized spacial score (nSPS) is 12.2. The molecule has 1 aromatic heterocycles. The van der Waals surface area contributed by atoms with Crippen LogP contribution in [0.2, 0.25) is 0 Å². The first-order valence-corrected chi connectivity index (χ1v) is 8.15. The van der Waals surface area contributed by atoms with E-state index in [9.17, 15) is 9.59 Å². The molecule has 2 N–H and O–H groups in total. The highest BCUT2D eigenvalue weighted by Crippen LogP contribution is 2.21. The first-order chi connectivity index (χ1) is 11.9. The summed E-state index contributed by atoms with van der Waals surface area (Å²) in [5.41, 5.74) is 0.792. The van der Waals surface area contributed by atoms with Crippen molar-refractivity contribution >= 4 is 17.6 Å². The molecule has 7 nitrogen and oxygen atoms in total. The van der Waals surface area contributed by atoms with E-state index in [1.165, 1.54) is 0 Å². The van der Waals surface area contributed by atoms with Crippen molar-refractivity contribution in [3.63, 3.8) is 0 Å². The molecule has 2 aromatic rings. The molecule has 0 aliphatic heterocycles. The Morgan fingerprint density at radius 3 is 2.48 bits per heavy atom. The maximum atomic E-state index is 12.8. The number of rotatable bonds is 7. The first kappa shape index (κ1) is 18.7. The summed E-state index contributed by atoms with van der Waals surface area (Å²) >= 11 is 0. The number of likely N-dealkylation sites (N-methyl/N-ethyl adjacent to an activating group) is 1. The van der Waals surface area contributed by atoms with E-state index in [1.54, 1.807) is 24.9 Å². The quantitative estimate of drug-likeness (QED) is 0.803. The zero-order valence-electron chi connectivity index (χ0n) is 14.9. The predicted molar refractivity (Wildman–Crippen MR) is 95.0 cm³/mol. The molecule has 7 heteroatoms. The highest BCUT2D eigenvalue weighted by molar-refractivity contribution is 5.95. The average molecular weight is 344 g/mol. The molecular formula is C18H24N4O3. The van der Waals surface area contributed by atoms with Crippen LogP contribution in [0.1, 0.15) is 31.2 Å². The number of carbonyl (C=O) groups is 2. The molecule has 0 unspecified atom stereocenters. The summed E-state index contributed by atoms with van der Waals surface area (Å²) < 4.78 is 4.98. The Bertz CT molecular complexity index is 712. The SMILES string of the molecule is Cc1cc(NC(=O)[C@@H](c2ccccc2)N(C)CC(=O)NC(C)C)no1. The van der Waals surface area contributed by atoms with Crippen molar-refractivity contribution in [3.05, 3.63) is 47.7 Å². The van der Waals surface area contributed by atoms with E-state index >= 15 is 0 Å². The summed E-state index contributed by atoms with van der Waals surface area (Å²) in [5.74, 6) is 0.544. The molecule has 2 rings (SSSR count). The molecule has 1 atom stereocenters. The van der Waals surface area contributed by atoms with Crippen molar-refractivity contribution in [1.82, 2.24) is 15.4 Å². The summed E-state index contributed by atoms with van der Waals surface area (Å²) in [7, 11) is 1.74. The maximum absolute atomic E-state index is 12.8. The van der Waals surface area contributed by atoms with Crippen LogP contribution < -0.4 is 10.6 Å². The van der Waals surface area contributed by atoms with Crippen LogP contribution in [0.5, 0.6) is 0 Å². The topological polar surface area (TPSA) is 87.5 Å². The first-order valence-electron chi connectivity index (χ1n) is 8.15. The van der Waals surface area contributed by atoms with Crippen molar-refractivity contribution in [1.29, 1.82) is 0 Å². The van der Waals surface area contributed by atoms with E-state index < -0.39 is 6.04 Å². The van der Waals surface area contributed by atoms with Gasteiger partial charge in [0, 0.05) is 12.1 Å². The molecule has 2 amide bonds. The molecule has 0 saturated carbocycles. The monoisotopic (exact) mass is 344 g/mol. The predicted octanol–water partition coefficient (Wildman–Crippen LogP) is 2.12. The van der Waals surface area contributed by atoms with E-state index in [-0.39, 0.29) is 24.4 Å². The lowest BCUT2D eigenvalue weighted by atomic mass is 10.0. The molecule has 1 aromatic carbocycles. The summed E-state index contributed by atoms with van der Waals surface area (Å²) in [6, 6.07) is 10.4. The van der Waals surface area contributed by atoms with Gasteiger partial charge in [-0.3, -0.25) is 14.5 Å². The fourth-order valence-corrected chi connectivity index (χ4v) is 2.55. The third-order valence-corrected chi connectivity index (χ3v) is 3.53. The minimum absolute atomic E-state index is 0.0445. The van der Waals surface area contributed by atoms with E-state index in [0.717, 1.165) is 5.56 Å². The second-order valence-electron chi connectivity index (χ2n) is 6.26. The lowest BCUT2D eigenvalue weighted by Crippen LogP contribution is -2.43. The number of nitrogens with zero attached hydrogens (tertiary/aromatic N) is 2. The van der Waals surface area contributed by atoms with Crippen LogP contribution in [0.15, 0.2) is 40.9 Å². The molecule has 1 heterocycles. The van der Waals surface area contributed by atoms with Crippen LogP contribution in [0.4, 0.5) is 5.82 Å². The summed E-state index contributed by atoms with van der Waals surface area (Å²) in [5, 5.41) is 9.36. The maximum Gasteiger partial charge on any atom is 0.247 e. The average Bonchev–Trinajstić information content (AvgIpc) is 2.92. The van der Waals surface area contributed by atoms with E-state index in [2.05, 4.69) is 15.8 Å². The van der Waals surface area contributed by atoms with Gasteiger partial charge in [0.15, 0.2) is 5.82 Å². The standard InChI is InChI=1S/C18H24N4O3/c1-12(2)19-16(23)11-22(4)17(14-8-6-5-7-9-14)18(24)20-15-10-13(3)25-21-15/h5-10,12,17H,11H2,1-4H3,(H,19,23)(H,20,21,24)/t17-/m1/s1. The number of hydrogen-bond donors (Lipinski definition) is 2. The van der Waals surface area contributed by atoms with Gasteiger partial charge in [0.2, 0.25) is 11.8 Å². The van der Waals surface area contributed by atoms with E-state index in [4.69, 9.17) is 4.52 Å². The Balaban J connectivity index is 2.18. The Hall–Kier alpha value is -2.67. The molecule has 0 bridgehead atoms. The van der Waals surface area contributed by atoms with Gasteiger partial charge in [-0.1, -0.05) is 35.5 Å². The molecular weight excluding hydrogens is 320 g/mol. The third-order valence-electron chi connectivity index (χ3n) is 3.53. The Morgan fingerprint density at radius 1 is 1.24 bits per heavy atom. The number of carbonyl (C=O) groups excluding carboxylic acids is 2. The third kappa shape index (κ3) is 5.42. The van der Waals surface area contributed by atoms with Crippen LogP contribution in [-0.4, -0.2) is 41.5 Å². The molecule has 0 aliphatic rings. The number of benzene rings is 1. The zero-order chi connectivity index (χ0) is 18.4. The van der Waals surface area contributed by atoms with Gasteiger partial charge in [-0.15, -0.1) is 0 Å². The number of aromatic nitrogens is 1. The van der Waals surface area contributed by atoms with Crippen molar-refractivity contribution in [2.75, 3.05) is 18.9 Å². The fourth-order valence-electron chi connectivity index (χ4n) is 2.55. The second kappa shape index (κ2) is 8.43. The fraction of sp³-hybridized carbons (Fsp3) is 0.389. The minimum Gasteiger partial charge on any atom is -0.360 e. The Kier molecular flexibility index (Phi) is 6.30. The van der Waals surface area contributed by atoms with Crippen molar-refractivity contribution in [3.8, 4) is 0 Å². The van der Waals surface area contributed by atoms with Gasteiger partial charge in [0.05, 0.1) is 6.54 Å². The number of aryl methyl sites for hydroxylation is 1. The highest BCUT2D eigenvalue weighted by Gasteiger charge is 2.27. The largest absolute Gasteiger partial charge is 0.360 e. The van der Waals surface area contributed by atoms with Crippen LogP contribution in [0, 0.1) is 6.92 Å². The van der Waals surface area contributed by atoms with Crippen molar-refractivity contribution < 1.29 is 14.1 Å². The van der Waals surface area contributed by atoms with E-state index in [1.807, 2.05) is 44.2 Å². The molecule has 134 valence electrons. The number of anilines is 1. The van der Waals surface area contributed by atoms with Gasteiger partial charge in [0.1, 0.15) is 11.8 Å². The highest BCUT2D eigenvalue weighted by atomic mass is 16.5. The number of hydrogen-bond acceptors (Lipinski definition) is 5. The molecule has 0 saturated heterocycles. The van der Waals surface area contributed by atoms with Gasteiger partial charge in [-0.25, -0.2) is 0 Å². The number of nitrogens with one attached hydrogen (secondary N) is 2. The molecule has 0 aliphatic carbocycles. The lowest BCUT2D eigenvalue weighted by molar-refractivity contribution is -0.125. The van der Waals surface area contributed by atoms with Crippen LogP contribution in [0.3, 0.4) is 0 Å². The molecule has 0 spiro atoms. The summed E-state index contributed by atoms with van der Waals surface area (Å²) in [6.45, 7) is 5.64. The van der Waals surface area contributed by atoms with Crippen molar-refractivity contribution in [2.24, 2.45) is 0 Å². The van der Waals surface area contributed by atoms with Gasteiger partial charge in [0.25, 0.3) is 0 Å². The molecule has 0 radical (unpaired) electrons. The molecule has 25 heavy (non-hydrogen) atoms. The van der Waals surface area contributed by atoms with Gasteiger partial charge in [-0.2, -0.15) is 0 Å². The Morgan fingerprint density at radius 2 is 1.92 bits per heavy atom. The zero-order valence-corrected chi connectivity index (χ0v) is 14.9. The Labute approximate surface area is 147 Å². The van der Waals surface area contributed by atoms with Crippen LogP contribution >= 0.6 is 0 Å². The smallest absolute Gasteiger partial charge is 0.247 e. The number of amides is 2. The molecule has 0 fully saturated rings. The summed E-state index contributed by atoms with van der Waals surface area (Å²) in [6.07, 6.45) is 0. The summed E-state index contributed by atoms with van der Waals surface area (Å²) in [4.78, 5) is 26.6. The van der Waals surface area contributed by atoms with E-state index in [0.29, 0.717) is 11.6 Å². The minimum atomic E-state index is -0.629. The van der Waals surface area contributed by atoms with Gasteiger partial charge < -0.3 is 15.2 Å². The van der Waals surface area contributed by atoms with Crippen LogP contribution in [0.25, 0.3) is 0 Å². The van der Waals surface area contributed by atoms with Crippen molar-refractivity contribution in [2.45, 2.75) is 32.9 Å². The van der Waals surface area contributed by atoms with Gasteiger partial charge >= 0.3 is 0 Å². The second-order valence-corrected chi connectivity index (χ2v) is 6.26. The van der Waals surface area contributed by atoms with Gasteiger partial charge in [-0.05, 0) is 33.4 Å².